The molecule has 1 saturated carbocycles. The number of carbonyl (C=O) groups excluding carboxylic acids is 1. The number of halogens is 2. The van der Waals surface area contributed by atoms with Crippen molar-refractivity contribution < 1.29 is 4.79 Å². The zero-order valence-electron chi connectivity index (χ0n) is 13.3. The molecule has 1 saturated heterocycles. The number of hydrogen-bond acceptors (Lipinski definition) is 4. The zero-order valence-corrected chi connectivity index (χ0v) is 14.9. The molecule has 1 aliphatic heterocycles. The van der Waals surface area contributed by atoms with Gasteiger partial charge in [-0.2, -0.15) is 0 Å². The Balaban J connectivity index is 0.00000132. The number of anilines is 2. The lowest BCUT2D eigenvalue weighted by molar-refractivity contribution is -0.115. The molecule has 0 aromatic carbocycles. The largest absolute Gasteiger partial charge is 0.357 e. The van der Waals surface area contributed by atoms with Crippen molar-refractivity contribution in [1.29, 1.82) is 0 Å². The third-order valence-electron chi connectivity index (χ3n) is 4.13. The van der Waals surface area contributed by atoms with Crippen LogP contribution in [-0.2, 0) is 4.79 Å². The third kappa shape index (κ3) is 6.53. The van der Waals surface area contributed by atoms with Crippen LogP contribution in [0.5, 0.6) is 0 Å². The fourth-order valence-electron chi connectivity index (χ4n) is 2.69. The van der Waals surface area contributed by atoms with Crippen molar-refractivity contribution in [2.45, 2.75) is 32.1 Å². The van der Waals surface area contributed by atoms with Gasteiger partial charge in [-0.3, -0.25) is 4.79 Å². The molecule has 1 aliphatic carbocycles. The van der Waals surface area contributed by atoms with E-state index >= 15 is 0 Å². The molecule has 1 amide bonds. The molecule has 0 bridgehead atoms. The van der Waals surface area contributed by atoms with Gasteiger partial charge in [0.25, 0.3) is 0 Å². The Bertz CT molecular complexity index is 473. The highest BCUT2D eigenvalue weighted by molar-refractivity contribution is 5.92. The van der Waals surface area contributed by atoms with Crippen molar-refractivity contribution in [3.63, 3.8) is 0 Å². The number of nitrogens with zero attached hydrogens (tertiary/aromatic N) is 2. The fraction of sp³-hybridized carbons (Fsp3) is 0.625. The summed E-state index contributed by atoms with van der Waals surface area (Å²) < 4.78 is 0. The SMILES string of the molecule is Cl.Cl.O=C(CNCC1CC1)Nc1ccc(N2CCCCC2)nc1. The molecule has 1 aromatic rings. The van der Waals surface area contributed by atoms with Crippen molar-refractivity contribution in [1.82, 2.24) is 10.3 Å². The molecule has 2 fully saturated rings. The number of nitrogens with one attached hydrogen (secondary N) is 2. The van der Waals surface area contributed by atoms with E-state index in [1.165, 1.54) is 32.1 Å². The van der Waals surface area contributed by atoms with E-state index < -0.39 is 0 Å². The summed E-state index contributed by atoms with van der Waals surface area (Å²) in [5.74, 6) is 1.81. The Morgan fingerprint density at radius 1 is 1.17 bits per heavy atom. The maximum atomic E-state index is 11.8. The first-order valence-electron chi connectivity index (χ1n) is 8.03. The lowest BCUT2D eigenvalue weighted by atomic mass is 10.1. The second-order valence-electron chi connectivity index (χ2n) is 6.08. The van der Waals surface area contributed by atoms with Gasteiger partial charge in [0.05, 0.1) is 18.4 Å². The van der Waals surface area contributed by atoms with Crippen LogP contribution in [0.1, 0.15) is 32.1 Å². The second kappa shape index (κ2) is 9.96. The minimum Gasteiger partial charge on any atom is -0.357 e. The van der Waals surface area contributed by atoms with Crippen LogP contribution < -0.4 is 15.5 Å². The van der Waals surface area contributed by atoms with Crippen molar-refractivity contribution in [3.05, 3.63) is 18.3 Å². The minimum absolute atomic E-state index is 0. The van der Waals surface area contributed by atoms with Gasteiger partial charge in [0.15, 0.2) is 0 Å². The Labute approximate surface area is 150 Å². The summed E-state index contributed by atoms with van der Waals surface area (Å²) in [6.45, 7) is 3.51. The van der Waals surface area contributed by atoms with Crippen LogP contribution in [0.2, 0.25) is 0 Å². The highest BCUT2D eigenvalue weighted by Crippen LogP contribution is 2.27. The van der Waals surface area contributed by atoms with Crippen LogP contribution in [0, 0.1) is 5.92 Å². The molecule has 0 spiro atoms. The molecule has 7 heteroatoms. The van der Waals surface area contributed by atoms with E-state index in [-0.39, 0.29) is 30.7 Å². The van der Waals surface area contributed by atoms with E-state index in [2.05, 4.69) is 20.5 Å². The molecule has 2 heterocycles. The quantitative estimate of drug-likeness (QED) is 0.818. The first-order valence-corrected chi connectivity index (χ1v) is 8.03. The molecular formula is C16H26Cl2N4O. The fourth-order valence-corrected chi connectivity index (χ4v) is 2.69. The summed E-state index contributed by atoms with van der Waals surface area (Å²) in [5, 5.41) is 6.07. The van der Waals surface area contributed by atoms with Gasteiger partial charge in [0.1, 0.15) is 5.82 Å². The molecule has 0 radical (unpaired) electrons. The Hall–Kier alpha value is -1.04. The molecule has 130 valence electrons. The topological polar surface area (TPSA) is 57.3 Å². The van der Waals surface area contributed by atoms with Gasteiger partial charge in [0.2, 0.25) is 5.91 Å². The Morgan fingerprint density at radius 3 is 2.52 bits per heavy atom. The lowest BCUT2D eigenvalue weighted by Gasteiger charge is -2.27. The van der Waals surface area contributed by atoms with Crippen LogP contribution in [-0.4, -0.2) is 37.1 Å². The standard InChI is InChI=1S/C16H24N4O.2ClH/c21-16(12-17-10-13-4-5-13)19-14-6-7-15(18-11-14)20-8-2-1-3-9-20;;/h6-7,11,13,17H,1-5,8-10,12H2,(H,19,21);2*1H. The number of aromatic nitrogens is 1. The second-order valence-corrected chi connectivity index (χ2v) is 6.08. The molecule has 2 N–H and O–H groups in total. The Morgan fingerprint density at radius 2 is 1.91 bits per heavy atom. The molecule has 0 unspecified atom stereocenters. The summed E-state index contributed by atoms with van der Waals surface area (Å²) in [6.07, 6.45) is 8.16. The predicted octanol–water partition coefficient (Wildman–Crippen LogP) is 2.85. The summed E-state index contributed by atoms with van der Waals surface area (Å²) in [7, 11) is 0. The molecule has 1 aromatic heterocycles. The summed E-state index contributed by atoms with van der Waals surface area (Å²) in [4.78, 5) is 18.6. The molecular weight excluding hydrogens is 335 g/mol. The third-order valence-corrected chi connectivity index (χ3v) is 4.13. The molecule has 0 atom stereocenters. The van der Waals surface area contributed by atoms with Crippen LogP contribution in [0.25, 0.3) is 0 Å². The lowest BCUT2D eigenvalue weighted by Crippen LogP contribution is -2.30. The average Bonchev–Trinajstić information content (AvgIpc) is 3.33. The summed E-state index contributed by atoms with van der Waals surface area (Å²) in [5.41, 5.74) is 0.772. The van der Waals surface area contributed by atoms with E-state index in [1.54, 1.807) is 6.20 Å². The highest BCUT2D eigenvalue weighted by atomic mass is 35.5. The van der Waals surface area contributed by atoms with Gasteiger partial charge in [-0.05, 0) is 56.7 Å². The van der Waals surface area contributed by atoms with Gasteiger partial charge < -0.3 is 15.5 Å². The Kier molecular flexibility index (Phi) is 8.66. The monoisotopic (exact) mass is 360 g/mol. The predicted molar refractivity (Wildman–Crippen MR) is 99.0 cm³/mol. The van der Waals surface area contributed by atoms with Gasteiger partial charge >= 0.3 is 0 Å². The number of carbonyl (C=O) groups is 1. The number of rotatable bonds is 6. The van der Waals surface area contributed by atoms with Gasteiger partial charge in [0, 0.05) is 13.1 Å². The van der Waals surface area contributed by atoms with Crippen LogP contribution >= 0.6 is 24.8 Å². The van der Waals surface area contributed by atoms with E-state index in [9.17, 15) is 4.79 Å². The van der Waals surface area contributed by atoms with Gasteiger partial charge in [-0.15, -0.1) is 24.8 Å². The molecule has 23 heavy (non-hydrogen) atoms. The van der Waals surface area contributed by atoms with Crippen molar-refractivity contribution >= 4 is 42.2 Å². The normalized spacial score (nSPS) is 17.0. The smallest absolute Gasteiger partial charge is 0.238 e. The van der Waals surface area contributed by atoms with E-state index in [0.29, 0.717) is 6.54 Å². The number of amides is 1. The van der Waals surface area contributed by atoms with Gasteiger partial charge in [-0.25, -0.2) is 4.98 Å². The van der Waals surface area contributed by atoms with E-state index in [0.717, 1.165) is 37.1 Å². The first-order chi connectivity index (χ1) is 10.3. The average molecular weight is 361 g/mol. The van der Waals surface area contributed by atoms with Crippen molar-refractivity contribution in [3.8, 4) is 0 Å². The number of hydrogen-bond donors (Lipinski definition) is 2. The van der Waals surface area contributed by atoms with E-state index in [4.69, 9.17) is 0 Å². The van der Waals surface area contributed by atoms with E-state index in [1.807, 2.05) is 12.1 Å². The first kappa shape index (κ1) is 20.0. The van der Waals surface area contributed by atoms with Crippen molar-refractivity contribution in [2.24, 2.45) is 5.92 Å². The summed E-state index contributed by atoms with van der Waals surface area (Å²) >= 11 is 0. The maximum absolute atomic E-state index is 11.8. The van der Waals surface area contributed by atoms with Crippen LogP contribution in [0.3, 0.4) is 0 Å². The van der Waals surface area contributed by atoms with Gasteiger partial charge in [-0.1, -0.05) is 0 Å². The molecule has 5 nitrogen and oxygen atoms in total. The highest BCUT2D eigenvalue weighted by Gasteiger charge is 2.20. The molecule has 2 aliphatic rings. The number of piperidine rings is 1. The van der Waals surface area contributed by atoms with Crippen LogP contribution in [0.15, 0.2) is 18.3 Å². The minimum atomic E-state index is 0. The number of pyridine rings is 1. The maximum Gasteiger partial charge on any atom is 0.238 e. The van der Waals surface area contributed by atoms with Crippen LogP contribution in [0.4, 0.5) is 11.5 Å². The molecule has 3 rings (SSSR count). The summed E-state index contributed by atoms with van der Waals surface area (Å²) in [6, 6.07) is 3.94. The van der Waals surface area contributed by atoms with Crippen molar-refractivity contribution in [2.75, 3.05) is 36.4 Å². The zero-order chi connectivity index (χ0) is 14.5.